The van der Waals surface area contributed by atoms with Gasteiger partial charge in [0.25, 0.3) is 0 Å². The summed E-state index contributed by atoms with van der Waals surface area (Å²) in [5.41, 5.74) is 0.493. The van der Waals surface area contributed by atoms with Gasteiger partial charge in [-0.25, -0.2) is 4.68 Å². The first-order valence-electron chi connectivity index (χ1n) is 6.51. The van der Waals surface area contributed by atoms with Crippen LogP contribution in [-0.4, -0.2) is 32.5 Å². The van der Waals surface area contributed by atoms with Gasteiger partial charge in [-0.2, -0.15) is 0 Å². The SMILES string of the molecule is C[C@H](OC(=O)Cc1ccc(OC(F)(F)F)cc1)c1nnnn1C. The molecule has 0 aliphatic heterocycles. The van der Waals surface area contributed by atoms with Crippen LogP contribution in [0.4, 0.5) is 13.2 Å². The highest BCUT2D eigenvalue weighted by Gasteiger charge is 2.31. The quantitative estimate of drug-likeness (QED) is 0.780. The van der Waals surface area contributed by atoms with E-state index in [9.17, 15) is 18.0 Å². The molecule has 0 aliphatic rings. The Balaban J connectivity index is 1.91. The molecule has 0 N–H and O–H groups in total. The molecule has 2 rings (SSSR count). The first-order valence-corrected chi connectivity index (χ1v) is 6.51. The normalized spacial score (nSPS) is 12.7. The average molecular weight is 330 g/mol. The molecule has 0 amide bonds. The number of halogens is 3. The van der Waals surface area contributed by atoms with Crippen molar-refractivity contribution >= 4 is 5.97 Å². The number of ether oxygens (including phenoxy) is 2. The molecule has 0 unspecified atom stereocenters. The number of aromatic nitrogens is 4. The van der Waals surface area contributed by atoms with E-state index in [2.05, 4.69) is 20.3 Å². The molecule has 124 valence electrons. The van der Waals surface area contributed by atoms with Crippen LogP contribution >= 0.6 is 0 Å². The number of carbonyl (C=O) groups is 1. The Labute approximate surface area is 129 Å². The minimum atomic E-state index is -4.75. The first kappa shape index (κ1) is 16.7. The van der Waals surface area contributed by atoms with Crippen LogP contribution in [0.3, 0.4) is 0 Å². The van der Waals surface area contributed by atoms with Crippen LogP contribution in [-0.2, 0) is 23.0 Å². The summed E-state index contributed by atoms with van der Waals surface area (Å²) in [4.78, 5) is 11.8. The summed E-state index contributed by atoms with van der Waals surface area (Å²) < 4.78 is 46.4. The second kappa shape index (κ2) is 6.63. The summed E-state index contributed by atoms with van der Waals surface area (Å²) in [6.45, 7) is 1.61. The molecule has 1 aromatic carbocycles. The van der Waals surface area contributed by atoms with Crippen LogP contribution in [0, 0.1) is 0 Å². The summed E-state index contributed by atoms with van der Waals surface area (Å²) in [5.74, 6) is -0.523. The van der Waals surface area contributed by atoms with Crippen molar-refractivity contribution in [2.75, 3.05) is 0 Å². The Bertz CT molecular complexity index is 670. The van der Waals surface area contributed by atoms with Crippen molar-refractivity contribution in [1.29, 1.82) is 0 Å². The molecule has 10 heteroatoms. The molecule has 0 bridgehead atoms. The molecular formula is C13H13F3N4O3. The molecule has 1 atom stereocenters. The first-order chi connectivity index (χ1) is 10.7. The third-order valence-corrected chi connectivity index (χ3v) is 2.83. The van der Waals surface area contributed by atoms with Gasteiger partial charge in [-0.3, -0.25) is 4.79 Å². The number of nitrogens with zero attached hydrogens (tertiary/aromatic N) is 4. The molecule has 1 aromatic heterocycles. The van der Waals surface area contributed by atoms with E-state index >= 15 is 0 Å². The highest BCUT2D eigenvalue weighted by atomic mass is 19.4. The summed E-state index contributed by atoms with van der Waals surface area (Å²) in [6, 6.07) is 4.98. The fourth-order valence-electron chi connectivity index (χ4n) is 1.85. The molecule has 0 saturated heterocycles. The lowest BCUT2D eigenvalue weighted by Crippen LogP contribution is -2.17. The molecule has 0 radical (unpaired) electrons. The molecule has 0 spiro atoms. The monoisotopic (exact) mass is 330 g/mol. The largest absolute Gasteiger partial charge is 0.573 e. The molecule has 2 aromatic rings. The maximum absolute atomic E-state index is 12.0. The van der Waals surface area contributed by atoms with Crippen molar-refractivity contribution in [1.82, 2.24) is 20.2 Å². The zero-order chi connectivity index (χ0) is 17.0. The fraction of sp³-hybridized carbons (Fsp3) is 0.385. The van der Waals surface area contributed by atoms with Crippen LogP contribution in [0.5, 0.6) is 5.75 Å². The fourth-order valence-corrected chi connectivity index (χ4v) is 1.85. The number of benzene rings is 1. The van der Waals surface area contributed by atoms with Gasteiger partial charge in [-0.15, -0.1) is 18.3 Å². The standard InChI is InChI=1S/C13H13F3N4O3/c1-8(12-17-18-19-20(12)2)22-11(21)7-9-3-5-10(6-4-9)23-13(14,15)16/h3-6,8H,7H2,1-2H3/t8-/m0/s1. The van der Waals surface area contributed by atoms with Crippen molar-refractivity contribution in [3.8, 4) is 5.75 Å². The Hall–Kier alpha value is -2.65. The minimum Gasteiger partial charge on any atom is -0.454 e. The second-order valence-corrected chi connectivity index (χ2v) is 4.66. The maximum atomic E-state index is 12.0. The molecule has 0 fully saturated rings. The maximum Gasteiger partial charge on any atom is 0.573 e. The average Bonchev–Trinajstić information content (AvgIpc) is 2.85. The molecular weight excluding hydrogens is 317 g/mol. The number of alkyl halides is 3. The smallest absolute Gasteiger partial charge is 0.454 e. The molecule has 7 nitrogen and oxygen atoms in total. The minimum absolute atomic E-state index is 0.0953. The number of carbonyl (C=O) groups excluding carboxylic acids is 1. The summed E-state index contributed by atoms with van der Waals surface area (Å²) >= 11 is 0. The van der Waals surface area contributed by atoms with Crippen molar-refractivity contribution in [3.05, 3.63) is 35.7 Å². The number of tetrazole rings is 1. The van der Waals surface area contributed by atoms with Crippen LogP contribution in [0.15, 0.2) is 24.3 Å². The van der Waals surface area contributed by atoms with Crippen LogP contribution < -0.4 is 4.74 Å². The number of esters is 1. The van der Waals surface area contributed by atoms with E-state index in [1.54, 1.807) is 14.0 Å². The number of hydrogen-bond donors (Lipinski definition) is 0. The van der Waals surface area contributed by atoms with Crippen molar-refractivity contribution < 1.29 is 27.4 Å². The molecule has 1 heterocycles. The lowest BCUT2D eigenvalue weighted by molar-refractivity contribution is -0.274. The highest BCUT2D eigenvalue weighted by molar-refractivity contribution is 5.72. The van der Waals surface area contributed by atoms with Gasteiger partial charge in [0.15, 0.2) is 11.9 Å². The lowest BCUT2D eigenvalue weighted by Gasteiger charge is -2.12. The van der Waals surface area contributed by atoms with Crippen molar-refractivity contribution in [2.45, 2.75) is 25.8 Å². The van der Waals surface area contributed by atoms with E-state index in [1.165, 1.54) is 16.8 Å². The zero-order valence-corrected chi connectivity index (χ0v) is 12.2. The van der Waals surface area contributed by atoms with Gasteiger partial charge < -0.3 is 9.47 Å². The highest BCUT2D eigenvalue weighted by Crippen LogP contribution is 2.23. The third kappa shape index (κ3) is 4.94. The third-order valence-electron chi connectivity index (χ3n) is 2.83. The van der Waals surface area contributed by atoms with Gasteiger partial charge >= 0.3 is 12.3 Å². The van der Waals surface area contributed by atoms with Crippen LogP contribution in [0.25, 0.3) is 0 Å². The zero-order valence-electron chi connectivity index (χ0n) is 12.2. The van der Waals surface area contributed by atoms with E-state index in [4.69, 9.17) is 4.74 Å². The Morgan fingerprint density at radius 2 is 1.96 bits per heavy atom. The van der Waals surface area contributed by atoms with E-state index < -0.39 is 18.4 Å². The van der Waals surface area contributed by atoms with E-state index in [-0.39, 0.29) is 12.2 Å². The van der Waals surface area contributed by atoms with Crippen LogP contribution in [0.1, 0.15) is 24.4 Å². The Morgan fingerprint density at radius 1 is 1.30 bits per heavy atom. The molecule has 0 aliphatic carbocycles. The molecule has 23 heavy (non-hydrogen) atoms. The predicted octanol–water partition coefficient (Wildman–Crippen LogP) is 1.96. The van der Waals surface area contributed by atoms with Gasteiger partial charge in [-0.1, -0.05) is 12.1 Å². The summed E-state index contributed by atoms with van der Waals surface area (Å²) in [7, 11) is 1.61. The van der Waals surface area contributed by atoms with Crippen molar-refractivity contribution in [2.24, 2.45) is 7.05 Å². The number of rotatable bonds is 5. The predicted molar refractivity (Wildman–Crippen MR) is 70.1 cm³/mol. The lowest BCUT2D eigenvalue weighted by atomic mass is 10.1. The van der Waals surface area contributed by atoms with Gasteiger partial charge in [-0.05, 0) is 35.0 Å². The van der Waals surface area contributed by atoms with Gasteiger partial charge in [0, 0.05) is 7.05 Å². The van der Waals surface area contributed by atoms with E-state index in [1.807, 2.05) is 0 Å². The van der Waals surface area contributed by atoms with Gasteiger partial charge in [0.1, 0.15) is 5.75 Å². The van der Waals surface area contributed by atoms with Crippen LogP contribution in [0.2, 0.25) is 0 Å². The van der Waals surface area contributed by atoms with E-state index in [0.717, 1.165) is 12.1 Å². The number of aryl methyl sites for hydroxylation is 1. The summed E-state index contributed by atoms with van der Waals surface area (Å²) in [5, 5.41) is 10.8. The van der Waals surface area contributed by atoms with E-state index in [0.29, 0.717) is 11.4 Å². The van der Waals surface area contributed by atoms with Gasteiger partial charge in [0.05, 0.1) is 6.42 Å². The number of hydrogen-bond acceptors (Lipinski definition) is 6. The Kier molecular flexibility index (Phi) is 4.82. The topological polar surface area (TPSA) is 79.1 Å². The van der Waals surface area contributed by atoms with Gasteiger partial charge in [0.2, 0.25) is 0 Å². The molecule has 0 saturated carbocycles. The second-order valence-electron chi connectivity index (χ2n) is 4.66. The van der Waals surface area contributed by atoms with Crippen molar-refractivity contribution in [3.63, 3.8) is 0 Å². The summed E-state index contributed by atoms with van der Waals surface area (Å²) in [6.07, 6.45) is -5.49. The Morgan fingerprint density at radius 3 is 2.48 bits per heavy atom.